The van der Waals surface area contributed by atoms with Gasteiger partial charge in [0.15, 0.2) is 0 Å². The SMILES string of the molecule is COc1ccc(N2C(=O)[C@@H]3[C@H](CC(=O)O)N[C@]4(C(=O)N(Cc5ccccc5Cl)c5ccccc54)[C@H]3C2=O)cc1. The van der Waals surface area contributed by atoms with Crippen molar-refractivity contribution in [3.8, 4) is 5.75 Å². The molecule has 6 rings (SSSR count). The normalized spacial score (nSPS) is 25.4. The van der Waals surface area contributed by atoms with E-state index in [9.17, 15) is 24.3 Å². The molecule has 0 unspecified atom stereocenters. The second kappa shape index (κ2) is 9.21. The summed E-state index contributed by atoms with van der Waals surface area (Å²) in [6, 6.07) is 19.8. The Kier molecular flexibility index (Phi) is 5.93. The summed E-state index contributed by atoms with van der Waals surface area (Å²) in [5.41, 5.74) is 0.535. The molecule has 3 aromatic rings. The number of anilines is 2. The smallest absolute Gasteiger partial charge is 0.304 e. The van der Waals surface area contributed by atoms with Crippen molar-refractivity contribution < 1.29 is 29.0 Å². The summed E-state index contributed by atoms with van der Waals surface area (Å²) in [7, 11) is 1.51. The van der Waals surface area contributed by atoms with Crippen LogP contribution in [0.4, 0.5) is 11.4 Å². The number of carbonyl (C=O) groups excluding carboxylic acids is 3. The van der Waals surface area contributed by atoms with Gasteiger partial charge in [0.05, 0.1) is 37.6 Å². The molecule has 3 aromatic carbocycles. The number of hydrogen-bond donors (Lipinski definition) is 2. The van der Waals surface area contributed by atoms with Crippen LogP contribution < -0.4 is 19.9 Å². The Balaban J connectivity index is 1.48. The maximum absolute atomic E-state index is 14.4. The summed E-state index contributed by atoms with van der Waals surface area (Å²) >= 11 is 6.42. The predicted molar refractivity (Wildman–Crippen MR) is 142 cm³/mol. The van der Waals surface area contributed by atoms with E-state index in [0.29, 0.717) is 33.3 Å². The fourth-order valence-corrected chi connectivity index (χ4v) is 6.45. The van der Waals surface area contributed by atoms with Gasteiger partial charge in [-0.1, -0.05) is 48.0 Å². The average molecular weight is 546 g/mol. The van der Waals surface area contributed by atoms with E-state index >= 15 is 0 Å². The van der Waals surface area contributed by atoms with Gasteiger partial charge in [-0.2, -0.15) is 0 Å². The van der Waals surface area contributed by atoms with Crippen LogP contribution >= 0.6 is 11.6 Å². The third-order valence-electron chi connectivity index (χ3n) is 7.88. The number of benzene rings is 3. The van der Waals surface area contributed by atoms with Crippen molar-refractivity contribution in [3.05, 3.63) is 88.9 Å². The molecule has 3 aliphatic heterocycles. The molecule has 3 heterocycles. The van der Waals surface area contributed by atoms with Crippen molar-refractivity contribution in [1.82, 2.24) is 5.32 Å². The molecule has 0 radical (unpaired) electrons. The lowest BCUT2D eigenvalue weighted by atomic mass is 9.76. The standard InChI is InChI=1S/C29H24ClN3O6/c1-39-18-12-10-17(11-13-18)33-26(36)24-21(14-23(34)35)31-29(25(24)27(33)37)19-7-3-5-9-22(19)32(28(29)38)15-16-6-2-4-8-20(16)30/h2-13,21,24-25,31H,14-15H2,1H3,(H,34,35)/t21-,24+,25+,29-/m0/s1. The number of fused-ring (bicyclic) bond motifs is 4. The maximum atomic E-state index is 14.4. The Hall–Kier alpha value is -4.21. The number of rotatable bonds is 6. The minimum absolute atomic E-state index is 0.143. The van der Waals surface area contributed by atoms with Crippen LogP contribution in [0, 0.1) is 11.8 Å². The average Bonchev–Trinajstić information content (AvgIpc) is 3.48. The van der Waals surface area contributed by atoms with Gasteiger partial charge in [-0.25, -0.2) is 4.90 Å². The molecular weight excluding hydrogens is 522 g/mol. The predicted octanol–water partition coefficient (Wildman–Crippen LogP) is 3.34. The number of imide groups is 1. The Morgan fingerprint density at radius 1 is 1.00 bits per heavy atom. The molecule has 4 atom stereocenters. The molecule has 0 aromatic heterocycles. The lowest BCUT2D eigenvalue weighted by Gasteiger charge is -2.30. The molecule has 2 fully saturated rings. The number of ether oxygens (including phenoxy) is 1. The first-order chi connectivity index (χ1) is 18.8. The molecule has 3 amide bonds. The summed E-state index contributed by atoms with van der Waals surface area (Å²) in [6.07, 6.45) is -0.432. The van der Waals surface area contributed by atoms with E-state index in [1.165, 1.54) is 7.11 Å². The summed E-state index contributed by atoms with van der Waals surface area (Å²) in [5.74, 6) is -4.30. The van der Waals surface area contributed by atoms with Gasteiger partial charge in [-0.15, -0.1) is 0 Å². The summed E-state index contributed by atoms with van der Waals surface area (Å²) in [5, 5.41) is 13.4. The Morgan fingerprint density at radius 3 is 2.38 bits per heavy atom. The second-order valence-corrected chi connectivity index (χ2v) is 10.3. The zero-order chi connectivity index (χ0) is 27.5. The number of hydrogen-bond acceptors (Lipinski definition) is 6. The number of para-hydroxylation sites is 1. The van der Waals surface area contributed by atoms with Crippen molar-refractivity contribution in [2.75, 3.05) is 16.9 Å². The zero-order valence-electron chi connectivity index (χ0n) is 20.8. The van der Waals surface area contributed by atoms with Crippen molar-refractivity contribution in [3.63, 3.8) is 0 Å². The topological polar surface area (TPSA) is 116 Å². The van der Waals surface area contributed by atoms with E-state index in [1.54, 1.807) is 65.6 Å². The fraction of sp³-hybridized carbons (Fsp3) is 0.241. The van der Waals surface area contributed by atoms with Gasteiger partial charge in [0.2, 0.25) is 11.8 Å². The number of carboxylic acids is 1. The number of nitrogens with one attached hydrogen (secondary N) is 1. The highest BCUT2D eigenvalue weighted by atomic mass is 35.5. The van der Waals surface area contributed by atoms with E-state index in [2.05, 4.69) is 5.32 Å². The monoisotopic (exact) mass is 545 g/mol. The van der Waals surface area contributed by atoms with Crippen LogP contribution in [0.25, 0.3) is 0 Å². The van der Waals surface area contributed by atoms with Crippen LogP contribution in [0.3, 0.4) is 0 Å². The van der Waals surface area contributed by atoms with Gasteiger partial charge in [0.25, 0.3) is 5.91 Å². The lowest BCUT2D eigenvalue weighted by Crippen LogP contribution is -2.55. The summed E-state index contributed by atoms with van der Waals surface area (Å²) < 4.78 is 5.20. The van der Waals surface area contributed by atoms with Crippen molar-refractivity contribution in [1.29, 1.82) is 0 Å². The molecule has 1 spiro atoms. The van der Waals surface area contributed by atoms with E-state index in [-0.39, 0.29) is 6.54 Å². The molecule has 2 N–H and O–H groups in total. The quantitative estimate of drug-likeness (QED) is 0.456. The van der Waals surface area contributed by atoms with Gasteiger partial charge in [0, 0.05) is 22.3 Å². The third kappa shape index (κ3) is 3.65. The van der Waals surface area contributed by atoms with E-state index in [1.807, 2.05) is 12.1 Å². The van der Waals surface area contributed by atoms with E-state index in [4.69, 9.17) is 16.3 Å². The first-order valence-electron chi connectivity index (χ1n) is 12.4. The fourth-order valence-electron chi connectivity index (χ4n) is 6.25. The van der Waals surface area contributed by atoms with Crippen LogP contribution in [0.1, 0.15) is 17.5 Å². The second-order valence-electron chi connectivity index (χ2n) is 9.87. The highest BCUT2D eigenvalue weighted by Gasteiger charge is 2.71. The van der Waals surface area contributed by atoms with Gasteiger partial charge in [0.1, 0.15) is 11.3 Å². The van der Waals surface area contributed by atoms with E-state index in [0.717, 1.165) is 4.90 Å². The number of carbonyl (C=O) groups is 4. The van der Waals surface area contributed by atoms with Crippen LogP contribution in [0.5, 0.6) is 5.75 Å². The van der Waals surface area contributed by atoms with Crippen molar-refractivity contribution in [2.45, 2.75) is 24.5 Å². The highest BCUT2D eigenvalue weighted by Crippen LogP contribution is 2.55. The number of nitrogens with zero attached hydrogens (tertiary/aromatic N) is 2. The number of aliphatic carboxylic acids is 1. The van der Waals surface area contributed by atoms with E-state index < -0.39 is 53.5 Å². The Bertz CT molecular complexity index is 1530. The zero-order valence-corrected chi connectivity index (χ0v) is 21.6. The van der Waals surface area contributed by atoms with Crippen LogP contribution in [-0.4, -0.2) is 41.9 Å². The number of halogens is 1. The Labute approximate surface area is 228 Å². The molecule has 0 bridgehead atoms. The van der Waals surface area contributed by atoms with Crippen molar-refractivity contribution >= 4 is 46.7 Å². The van der Waals surface area contributed by atoms with Crippen LogP contribution in [-0.2, 0) is 31.3 Å². The minimum atomic E-state index is -1.61. The Morgan fingerprint density at radius 2 is 1.69 bits per heavy atom. The largest absolute Gasteiger partial charge is 0.497 e. The molecule has 2 saturated heterocycles. The minimum Gasteiger partial charge on any atom is -0.497 e. The van der Waals surface area contributed by atoms with Gasteiger partial charge >= 0.3 is 5.97 Å². The molecule has 198 valence electrons. The van der Waals surface area contributed by atoms with Crippen molar-refractivity contribution in [2.24, 2.45) is 11.8 Å². The van der Waals surface area contributed by atoms with Gasteiger partial charge in [-0.05, 0) is 42.0 Å². The molecule has 0 aliphatic carbocycles. The lowest BCUT2D eigenvalue weighted by molar-refractivity contribution is -0.138. The molecule has 39 heavy (non-hydrogen) atoms. The first kappa shape index (κ1) is 25.1. The van der Waals surface area contributed by atoms with Crippen LogP contribution in [0.2, 0.25) is 5.02 Å². The molecule has 3 aliphatic rings. The molecule has 0 saturated carbocycles. The van der Waals surface area contributed by atoms with Gasteiger partial charge in [-0.3, -0.25) is 24.5 Å². The summed E-state index contributed by atoms with van der Waals surface area (Å²) in [6.45, 7) is 0.143. The number of amides is 3. The maximum Gasteiger partial charge on any atom is 0.304 e. The number of carboxylic acid groups (broad SMARTS) is 1. The molecule has 10 heteroatoms. The first-order valence-corrected chi connectivity index (χ1v) is 12.8. The molecular formula is C29H24ClN3O6. The third-order valence-corrected chi connectivity index (χ3v) is 8.25. The highest BCUT2D eigenvalue weighted by molar-refractivity contribution is 6.31. The summed E-state index contributed by atoms with van der Waals surface area (Å²) in [4.78, 5) is 56.8. The molecule has 9 nitrogen and oxygen atoms in total. The van der Waals surface area contributed by atoms with Crippen LogP contribution in [0.15, 0.2) is 72.8 Å². The van der Waals surface area contributed by atoms with Gasteiger partial charge < -0.3 is 14.7 Å². The number of methoxy groups -OCH3 is 1.